The summed E-state index contributed by atoms with van der Waals surface area (Å²) in [6.45, 7) is 3.50. The smallest absolute Gasteiger partial charge is 0.267 e. The van der Waals surface area contributed by atoms with Gasteiger partial charge in [0, 0.05) is 0 Å². The summed E-state index contributed by atoms with van der Waals surface area (Å²) in [6.07, 6.45) is 0.000745. The van der Waals surface area contributed by atoms with Crippen molar-refractivity contribution in [3.63, 3.8) is 0 Å². The number of hydrogen-bond acceptors (Lipinski definition) is 7. The molecule has 1 atom stereocenters. The molecule has 1 aromatic carbocycles. The molecule has 1 heterocycles. The molecule has 0 spiro atoms. The van der Waals surface area contributed by atoms with Crippen LogP contribution in [0.2, 0.25) is 0 Å². The van der Waals surface area contributed by atoms with Crippen LogP contribution in [-0.2, 0) is 14.6 Å². The molecule has 0 radical (unpaired) electrons. The zero-order chi connectivity index (χ0) is 18.4. The number of hydrogen-bond donors (Lipinski definition) is 1. The molecule has 136 valence electrons. The summed E-state index contributed by atoms with van der Waals surface area (Å²) >= 11 is 0.797. The number of carbonyl (C=O) groups is 1. The summed E-state index contributed by atoms with van der Waals surface area (Å²) in [7, 11) is -3.48. The predicted octanol–water partition coefficient (Wildman–Crippen LogP) is 2.66. The third-order valence-electron chi connectivity index (χ3n) is 3.13. The number of ether oxygens (including phenoxy) is 1. The molecule has 2 rings (SSSR count). The van der Waals surface area contributed by atoms with Gasteiger partial charge >= 0.3 is 0 Å². The fraction of sp³-hybridized carbons (Fsp3) is 0.400. The Balaban J connectivity index is 2.04. The van der Waals surface area contributed by atoms with Crippen LogP contribution in [0.3, 0.4) is 0 Å². The van der Waals surface area contributed by atoms with Gasteiger partial charge in [0.25, 0.3) is 5.91 Å². The van der Waals surface area contributed by atoms with E-state index in [1.807, 2.05) is 0 Å². The van der Waals surface area contributed by atoms with E-state index in [1.165, 1.54) is 24.3 Å². The number of carbonyl (C=O) groups excluding carboxylic acids is 1. The van der Waals surface area contributed by atoms with Crippen LogP contribution in [0.25, 0.3) is 0 Å². The molecule has 7 nitrogen and oxygen atoms in total. The van der Waals surface area contributed by atoms with Crippen molar-refractivity contribution in [3.05, 3.63) is 30.1 Å². The molecule has 0 unspecified atom stereocenters. The van der Waals surface area contributed by atoms with Gasteiger partial charge in [0.05, 0.1) is 5.75 Å². The lowest BCUT2D eigenvalue weighted by Gasteiger charge is -2.16. The largest absolute Gasteiger partial charge is 0.481 e. The lowest BCUT2D eigenvalue weighted by Crippen LogP contribution is -2.32. The molecule has 0 aliphatic carbocycles. The maximum atomic E-state index is 12.9. The molecule has 25 heavy (non-hydrogen) atoms. The van der Waals surface area contributed by atoms with Crippen LogP contribution in [-0.4, -0.2) is 36.4 Å². The van der Waals surface area contributed by atoms with E-state index in [4.69, 9.17) is 4.74 Å². The topological polar surface area (TPSA) is 98.3 Å². The van der Waals surface area contributed by atoms with Gasteiger partial charge in [-0.3, -0.25) is 10.1 Å². The van der Waals surface area contributed by atoms with E-state index in [-0.39, 0.29) is 15.2 Å². The number of benzene rings is 1. The fourth-order valence-electron chi connectivity index (χ4n) is 1.93. The average molecular weight is 387 g/mol. The van der Waals surface area contributed by atoms with E-state index >= 15 is 0 Å². The number of halogens is 1. The Morgan fingerprint density at radius 3 is 2.56 bits per heavy atom. The molecule has 1 aromatic heterocycles. The third-order valence-corrected chi connectivity index (χ3v) is 6.34. The second kappa shape index (κ2) is 8.34. The van der Waals surface area contributed by atoms with Crippen molar-refractivity contribution in [3.8, 4) is 5.75 Å². The van der Waals surface area contributed by atoms with E-state index in [1.54, 1.807) is 13.8 Å². The minimum Gasteiger partial charge on any atom is -0.481 e. The second-order valence-corrected chi connectivity index (χ2v) is 8.41. The number of amides is 1. The first-order chi connectivity index (χ1) is 11.9. The molecule has 0 bridgehead atoms. The van der Waals surface area contributed by atoms with Crippen molar-refractivity contribution in [1.82, 2.24) is 10.2 Å². The number of sulfone groups is 1. The van der Waals surface area contributed by atoms with E-state index in [0.717, 1.165) is 11.3 Å². The second-order valence-electron chi connectivity index (χ2n) is 5.15. The van der Waals surface area contributed by atoms with Crippen molar-refractivity contribution < 1.29 is 22.3 Å². The quantitative estimate of drug-likeness (QED) is 0.699. The molecular weight excluding hydrogens is 369 g/mol. The fourth-order valence-corrected chi connectivity index (χ4v) is 4.28. The lowest BCUT2D eigenvalue weighted by molar-refractivity contribution is -0.122. The number of anilines is 1. The number of nitrogens with one attached hydrogen (secondary N) is 1. The Kier molecular flexibility index (Phi) is 6.43. The van der Waals surface area contributed by atoms with Gasteiger partial charge in [-0.1, -0.05) is 25.2 Å². The predicted molar refractivity (Wildman–Crippen MR) is 92.0 cm³/mol. The molecular formula is C15H18FN3O4S2. The van der Waals surface area contributed by atoms with Gasteiger partial charge in [0.2, 0.25) is 19.3 Å². The van der Waals surface area contributed by atoms with Crippen molar-refractivity contribution >= 4 is 32.2 Å². The Bertz CT molecular complexity index is 822. The van der Waals surface area contributed by atoms with E-state index < -0.39 is 27.7 Å². The van der Waals surface area contributed by atoms with Gasteiger partial charge in [-0.25, -0.2) is 12.8 Å². The first-order valence-corrected chi connectivity index (χ1v) is 10.1. The number of rotatable bonds is 8. The van der Waals surface area contributed by atoms with Gasteiger partial charge in [0.15, 0.2) is 6.10 Å². The Morgan fingerprint density at radius 2 is 1.96 bits per heavy atom. The molecule has 1 N–H and O–H groups in total. The molecule has 2 aromatic rings. The minimum absolute atomic E-state index is 0.0269. The first kappa shape index (κ1) is 19.3. The summed E-state index contributed by atoms with van der Waals surface area (Å²) in [5, 5.41) is 9.90. The van der Waals surface area contributed by atoms with E-state index in [0.29, 0.717) is 18.6 Å². The summed E-state index contributed by atoms with van der Waals surface area (Å²) in [5.41, 5.74) is 0. The highest BCUT2D eigenvalue weighted by atomic mass is 32.2. The van der Waals surface area contributed by atoms with Crippen molar-refractivity contribution in [1.29, 1.82) is 0 Å². The molecule has 0 saturated carbocycles. The highest BCUT2D eigenvalue weighted by Gasteiger charge is 2.23. The van der Waals surface area contributed by atoms with Gasteiger partial charge in [0.1, 0.15) is 11.6 Å². The maximum Gasteiger partial charge on any atom is 0.267 e. The molecule has 0 aliphatic heterocycles. The Morgan fingerprint density at radius 1 is 1.28 bits per heavy atom. The number of nitrogens with zero attached hydrogens (tertiary/aromatic N) is 2. The number of aromatic nitrogens is 2. The van der Waals surface area contributed by atoms with Crippen LogP contribution < -0.4 is 10.1 Å². The van der Waals surface area contributed by atoms with Crippen molar-refractivity contribution in [2.24, 2.45) is 0 Å². The summed E-state index contributed by atoms with van der Waals surface area (Å²) in [4.78, 5) is 12.3. The van der Waals surface area contributed by atoms with Gasteiger partial charge in [-0.05, 0) is 37.1 Å². The minimum atomic E-state index is -3.48. The maximum absolute atomic E-state index is 12.9. The lowest BCUT2D eigenvalue weighted by atomic mass is 10.2. The van der Waals surface area contributed by atoms with Crippen LogP contribution in [0.5, 0.6) is 5.75 Å². The monoisotopic (exact) mass is 387 g/mol. The van der Waals surface area contributed by atoms with Crippen LogP contribution in [0, 0.1) is 5.82 Å². The molecule has 1 amide bonds. The Labute approximate surface area is 149 Å². The third kappa shape index (κ3) is 5.20. The molecule has 0 fully saturated rings. The van der Waals surface area contributed by atoms with Gasteiger partial charge < -0.3 is 4.74 Å². The van der Waals surface area contributed by atoms with Crippen LogP contribution in [0.1, 0.15) is 26.7 Å². The summed E-state index contributed by atoms with van der Waals surface area (Å²) in [5.74, 6) is -0.560. The normalized spacial score (nSPS) is 12.6. The zero-order valence-electron chi connectivity index (χ0n) is 13.7. The SMILES string of the molecule is CCCS(=O)(=O)c1nnc(NC(=O)[C@H](CC)Oc2ccc(F)cc2)s1. The van der Waals surface area contributed by atoms with Gasteiger partial charge in [-0.2, -0.15) is 0 Å². The van der Waals surface area contributed by atoms with E-state index in [2.05, 4.69) is 15.5 Å². The van der Waals surface area contributed by atoms with Crippen LogP contribution in [0.15, 0.2) is 28.6 Å². The van der Waals surface area contributed by atoms with Gasteiger partial charge in [-0.15, -0.1) is 10.2 Å². The average Bonchev–Trinajstić information content (AvgIpc) is 3.03. The van der Waals surface area contributed by atoms with E-state index in [9.17, 15) is 17.6 Å². The highest BCUT2D eigenvalue weighted by Crippen LogP contribution is 2.22. The highest BCUT2D eigenvalue weighted by molar-refractivity contribution is 7.93. The zero-order valence-corrected chi connectivity index (χ0v) is 15.4. The molecule has 0 aliphatic rings. The summed E-state index contributed by atoms with van der Waals surface area (Å²) < 4.78 is 42.2. The van der Waals surface area contributed by atoms with Crippen LogP contribution in [0.4, 0.5) is 9.52 Å². The Hall–Kier alpha value is -2.07. The van der Waals surface area contributed by atoms with Crippen molar-refractivity contribution in [2.75, 3.05) is 11.1 Å². The first-order valence-electron chi connectivity index (χ1n) is 7.65. The molecule has 10 heteroatoms. The standard InChI is InChI=1S/C15H18FN3O4S2/c1-3-9-25(21,22)15-19-18-14(24-15)17-13(20)12(4-2)23-11-7-5-10(16)6-8-11/h5-8,12H,3-4,9H2,1-2H3,(H,17,18,20)/t12-/m0/s1. The van der Waals surface area contributed by atoms with Crippen LogP contribution >= 0.6 is 11.3 Å². The van der Waals surface area contributed by atoms with Crippen molar-refractivity contribution in [2.45, 2.75) is 37.1 Å². The molecule has 0 saturated heterocycles. The summed E-state index contributed by atoms with van der Waals surface area (Å²) in [6, 6.07) is 5.31.